The SMILES string of the molecule is Cn1c(=O)n(C2CCC(=O)NC2=O)c2ccc(C3CCN(CC4CCN(c5cccc(S(=O)N6CCC(Nc7ncc(C(F)(F)F)cn7)CC6)c5)CC4)CC3)cc21. The summed E-state index contributed by atoms with van der Waals surface area (Å²) in [7, 11) is 0.414. The fraction of sp³-hybridized carbons (Fsp3) is 0.525. The number of nitrogens with zero attached hydrogens (tertiary/aromatic N) is 7. The van der Waals surface area contributed by atoms with E-state index in [1.807, 2.05) is 28.6 Å². The van der Waals surface area contributed by atoms with Gasteiger partial charge in [0.25, 0.3) is 0 Å². The Morgan fingerprint density at radius 1 is 0.860 bits per heavy atom. The van der Waals surface area contributed by atoms with Crippen LogP contribution in [-0.4, -0.2) is 96.2 Å². The van der Waals surface area contributed by atoms with E-state index in [0.29, 0.717) is 49.7 Å². The molecule has 304 valence electrons. The summed E-state index contributed by atoms with van der Waals surface area (Å²) in [6.07, 6.45) is 3.21. The Morgan fingerprint density at radius 3 is 2.26 bits per heavy atom. The summed E-state index contributed by atoms with van der Waals surface area (Å²) < 4.78 is 57.2. The van der Waals surface area contributed by atoms with Crippen molar-refractivity contribution in [3.05, 3.63) is 76.5 Å². The molecule has 6 heterocycles. The Labute approximate surface area is 331 Å². The second-order valence-electron chi connectivity index (χ2n) is 15.8. The fourth-order valence-corrected chi connectivity index (χ4v) is 10.1. The molecule has 2 unspecified atom stereocenters. The van der Waals surface area contributed by atoms with Gasteiger partial charge >= 0.3 is 11.9 Å². The quantitative estimate of drug-likeness (QED) is 0.228. The summed E-state index contributed by atoms with van der Waals surface area (Å²) in [6, 6.07) is 13.5. The summed E-state index contributed by atoms with van der Waals surface area (Å²) in [5.74, 6) is 0.433. The lowest BCUT2D eigenvalue weighted by Crippen LogP contribution is -2.44. The lowest BCUT2D eigenvalue weighted by Gasteiger charge is -2.38. The highest BCUT2D eigenvalue weighted by atomic mass is 32.2. The van der Waals surface area contributed by atoms with Crippen molar-refractivity contribution in [2.45, 2.75) is 80.4 Å². The van der Waals surface area contributed by atoms with Crippen molar-refractivity contribution < 1.29 is 27.0 Å². The minimum Gasteiger partial charge on any atom is -0.371 e. The molecule has 0 radical (unpaired) electrons. The average Bonchev–Trinajstić information content (AvgIpc) is 3.46. The number of fused-ring (bicyclic) bond motifs is 1. The third-order valence-electron chi connectivity index (χ3n) is 12.2. The van der Waals surface area contributed by atoms with Gasteiger partial charge in [0, 0.05) is 70.3 Å². The van der Waals surface area contributed by atoms with Gasteiger partial charge in [0.15, 0.2) is 0 Å². The van der Waals surface area contributed by atoms with E-state index in [1.165, 1.54) is 10.1 Å². The topological polar surface area (TPSA) is 138 Å². The zero-order valence-electron chi connectivity index (χ0n) is 31.9. The van der Waals surface area contributed by atoms with Crippen molar-refractivity contribution in [1.29, 1.82) is 0 Å². The number of hydrogen-bond donors (Lipinski definition) is 2. The third-order valence-corrected chi connectivity index (χ3v) is 13.7. The standard InChI is InChI=1S/C40H48F3N9O4S/c1-48-35-21-28(5-6-33(35)52(39(48)55)34-7-8-36(53)47-37(34)54)27-11-15-49(16-12-27)25-26-9-17-50(18-10-26)31-3-2-4-32(22-31)57(56)51-19-13-30(14-20-51)46-38-44-23-29(24-45-38)40(41,42)43/h2-6,21-24,26-27,30,34H,7-20,25H2,1H3,(H,44,45,46)(H,47,53,54). The number of rotatable bonds is 9. The molecule has 17 heteroatoms. The maximum Gasteiger partial charge on any atom is 0.419 e. The molecule has 2 amide bonds. The van der Waals surface area contributed by atoms with Crippen LogP contribution in [0.15, 0.2) is 64.5 Å². The smallest absolute Gasteiger partial charge is 0.371 e. The van der Waals surface area contributed by atoms with Crippen LogP contribution in [-0.2, 0) is 33.8 Å². The number of imidazole rings is 1. The van der Waals surface area contributed by atoms with Crippen LogP contribution in [0.5, 0.6) is 0 Å². The first-order valence-corrected chi connectivity index (χ1v) is 21.0. The number of anilines is 2. The predicted molar refractivity (Wildman–Crippen MR) is 210 cm³/mol. The number of aryl methyl sites for hydroxylation is 1. The van der Waals surface area contributed by atoms with Gasteiger partial charge in [-0.15, -0.1) is 0 Å². The third kappa shape index (κ3) is 8.51. The van der Waals surface area contributed by atoms with Crippen molar-refractivity contribution in [1.82, 2.24) is 33.6 Å². The fourth-order valence-electron chi connectivity index (χ4n) is 8.89. The van der Waals surface area contributed by atoms with Crippen LogP contribution < -0.4 is 21.2 Å². The lowest BCUT2D eigenvalue weighted by atomic mass is 9.88. The molecular weight excluding hydrogens is 760 g/mol. The van der Waals surface area contributed by atoms with Crippen molar-refractivity contribution in [2.24, 2.45) is 13.0 Å². The molecule has 57 heavy (non-hydrogen) atoms. The van der Waals surface area contributed by atoms with E-state index in [4.69, 9.17) is 0 Å². The Morgan fingerprint density at radius 2 is 1.58 bits per heavy atom. The number of imide groups is 1. The van der Waals surface area contributed by atoms with Gasteiger partial charge in [-0.25, -0.2) is 23.3 Å². The molecule has 4 aliphatic rings. The van der Waals surface area contributed by atoms with E-state index in [9.17, 15) is 31.8 Å². The Kier molecular flexibility index (Phi) is 11.2. The zero-order valence-corrected chi connectivity index (χ0v) is 32.7. The van der Waals surface area contributed by atoms with Crippen molar-refractivity contribution in [2.75, 3.05) is 56.0 Å². The van der Waals surface area contributed by atoms with Crippen LogP contribution in [0.2, 0.25) is 0 Å². The molecule has 2 aromatic carbocycles. The molecule has 2 N–H and O–H groups in total. The second kappa shape index (κ2) is 16.3. The van der Waals surface area contributed by atoms with Gasteiger partial charge in [0.05, 0.1) is 21.5 Å². The van der Waals surface area contributed by atoms with E-state index < -0.39 is 34.7 Å². The molecule has 8 rings (SSSR count). The van der Waals surface area contributed by atoms with Crippen LogP contribution in [0, 0.1) is 5.92 Å². The molecule has 0 aliphatic carbocycles. The highest BCUT2D eigenvalue weighted by Gasteiger charge is 2.33. The van der Waals surface area contributed by atoms with Crippen LogP contribution in [0.3, 0.4) is 0 Å². The summed E-state index contributed by atoms with van der Waals surface area (Å²) in [6.45, 7) is 6.15. The number of hydrogen-bond acceptors (Lipinski definition) is 9. The van der Waals surface area contributed by atoms with E-state index in [1.54, 1.807) is 11.6 Å². The van der Waals surface area contributed by atoms with E-state index in [-0.39, 0.29) is 30.0 Å². The maximum atomic E-state index is 13.6. The largest absolute Gasteiger partial charge is 0.419 e. The summed E-state index contributed by atoms with van der Waals surface area (Å²) in [5, 5.41) is 5.49. The molecular formula is C40H48F3N9O4S. The molecule has 0 saturated carbocycles. The predicted octanol–water partition coefficient (Wildman–Crippen LogP) is 4.82. The highest BCUT2D eigenvalue weighted by Crippen LogP contribution is 2.34. The van der Waals surface area contributed by atoms with Crippen LogP contribution >= 0.6 is 0 Å². The van der Waals surface area contributed by atoms with Gasteiger partial charge in [0.1, 0.15) is 17.0 Å². The number of amides is 2. The van der Waals surface area contributed by atoms with E-state index in [2.05, 4.69) is 48.6 Å². The molecule has 13 nitrogen and oxygen atoms in total. The molecule has 4 aromatic rings. The van der Waals surface area contributed by atoms with Crippen molar-refractivity contribution >= 4 is 45.5 Å². The number of benzene rings is 2. The van der Waals surface area contributed by atoms with Crippen LogP contribution in [0.25, 0.3) is 11.0 Å². The van der Waals surface area contributed by atoms with Gasteiger partial charge in [-0.1, -0.05) is 12.1 Å². The normalized spacial score (nSPS) is 21.9. The molecule has 2 aromatic heterocycles. The van der Waals surface area contributed by atoms with Gasteiger partial charge in [-0.05, 0) is 106 Å². The summed E-state index contributed by atoms with van der Waals surface area (Å²) in [4.78, 5) is 50.9. The van der Waals surface area contributed by atoms with E-state index >= 15 is 0 Å². The number of halogens is 3. The Balaban J connectivity index is 0.793. The van der Waals surface area contributed by atoms with Crippen molar-refractivity contribution in [3.63, 3.8) is 0 Å². The lowest BCUT2D eigenvalue weighted by molar-refractivity contribution is -0.138. The van der Waals surface area contributed by atoms with Gasteiger partial charge in [0.2, 0.25) is 17.8 Å². The van der Waals surface area contributed by atoms with Gasteiger partial charge in [-0.3, -0.25) is 24.0 Å². The van der Waals surface area contributed by atoms with Crippen LogP contribution in [0.4, 0.5) is 24.8 Å². The van der Waals surface area contributed by atoms with Crippen LogP contribution in [0.1, 0.15) is 74.5 Å². The molecule has 0 bridgehead atoms. The summed E-state index contributed by atoms with van der Waals surface area (Å²) in [5.41, 5.74) is 2.68. The maximum absolute atomic E-state index is 13.6. The summed E-state index contributed by atoms with van der Waals surface area (Å²) >= 11 is 0. The minimum absolute atomic E-state index is 0.0179. The first-order chi connectivity index (χ1) is 27.4. The molecule has 4 fully saturated rings. The molecule has 4 saturated heterocycles. The average molecular weight is 808 g/mol. The second-order valence-corrected chi connectivity index (χ2v) is 17.3. The molecule has 4 aliphatic heterocycles. The number of carbonyl (C=O) groups is 2. The number of aromatic nitrogens is 4. The first-order valence-electron chi connectivity index (χ1n) is 19.9. The number of likely N-dealkylation sites (tertiary alicyclic amines) is 1. The Bertz CT molecular complexity index is 2190. The highest BCUT2D eigenvalue weighted by molar-refractivity contribution is 7.82. The Hall–Kier alpha value is -4.61. The molecule has 0 spiro atoms. The van der Waals surface area contributed by atoms with Gasteiger partial charge in [-0.2, -0.15) is 13.2 Å². The van der Waals surface area contributed by atoms with Gasteiger partial charge < -0.3 is 15.1 Å². The number of carbonyl (C=O) groups excluding carboxylic acids is 2. The number of piperidine rings is 4. The monoisotopic (exact) mass is 807 g/mol. The minimum atomic E-state index is -4.48. The number of alkyl halides is 3. The number of nitrogens with one attached hydrogen (secondary N) is 2. The van der Waals surface area contributed by atoms with E-state index in [0.717, 1.165) is 86.9 Å². The zero-order chi connectivity index (χ0) is 39.8. The van der Waals surface area contributed by atoms with Crippen molar-refractivity contribution in [3.8, 4) is 0 Å². The first kappa shape index (κ1) is 39.2. The molecule has 2 atom stereocenters.